The van der Waals surface area contributed by atoms with E-state index in [4.69, 9.17) is 23.2 Å². The number of nitrogens with one attached hydrogen (secondary N) is 1. The number of allylic oxidation sites excluding steroid dienone is 1. The lowest BCUT2D eigenvalue weighted by atomic mass is 9.77. The van der Waals surface area contributed by atoms with Crippen LogP contribution in [-0.4, -0.2) is 22.8 Å². The second kappa shape index (κ2) is 11.3. The van der Waals surface area contributed by atoms with Crippen molar-refractivity contribution in [3.05, 3.63) is 105 Å². The first kappa shape index (κ1) is 28.9. The molecule has 2 aliphatic rings. The molecule has 1 heterocycles. The van der Waals surface area contributed by atoms with Gasteiger partial charge in [0.05, 0.1) is 23.8 Å². The van der Waals surface area contributed by atoms with E-state index in [1.807, 2.05) is 48.5 Å². The molecule has 2 N–H and O–H groups in total. The quantitative estimate of drug-likeness (QED) is 0.314. The molecule has 0 saturated carbocycles. The van der Waals surface area contributed by atoms with Crippen molar-refractivity contribution in [1.82, 2.24) is 0 Å². The van der Waals surface area contributed by atoms with Crippen LogP contribution < -0.4 is 10.2 Å². The number of carboxylic acids is 1. The van der Waals surface area contributed by atoms with Crippen molar-refractivity contribution in [1.29, 1.82) is 0 Å². The number of nitrogens with zero attached hydrogens (tertiary/aromatic N) is 1. The van der Waals surface area contributed by atoms with Gasteiger partial charge in [-0.3, -0.25) is 19.3 Å². The molecule has 212 valence electrons. The third-order valence-electron chi connectivity index (χ3n) is 7.80. The van der Waals surface area contributed by atoms with Crippen LogP contribution in [0.4, 0.5) is 11.4 Å². The van der Waals surface area contributed by atoms with Crippen LogP contribution in [-0.2, 0) is 19.8 Å². The van der Waals surface area contributed by atoms with E-state index in [1.165, 1.54) is 0 Å². The van der Waals surface area contributed by atoms with Gasteiger partial charge in [0.15, 0.2) is 5.78 Å². The Labute approximate surface area is 250 Å². The minimum atomic E-state index is -1.06. The van der Waals surface area contributed by atoms with E-state index in [1.54, 1.807) is 23.1 Å². The normalized spacial score (nSPS) is 18.8. The highest BCUT2D eigenvalue weighted by atomic mass is 35.5. The Bertz CT molecular complexity index is 1540. The van der Waals surface area contributed by atoms with Crippen molar-refractivity contribution in [2.24, 2.45) is 0 Å². The van der Waals surface area contributed by atoms with Crippen molar-refractivity contribution in [3.63, 3.8) is 0 Å². The number of aliphatic carboxylic acids is 1. The lowest BCUT2D eigenvalue weighted by Crippen LogP contribution is -2.38. The number of carboxylic acid groups (broad SMARTS) is 1. The molecule has 5 rings (SSSR count). The molecule has 0 bridgehead atoms. The highest BCUT2D eigenvalue weighted by molar-refractivity contribution is 6.31. The number of benzene rings is 3. The van der Waals surface area contributed by atoms with Crippen molar-refractivity contribution in [3.8, 4) is 0 Å². The summed E-state index contributed by atoms with van der Waals surface area (Å²) in [5, 5.41) is 13.9. The first-order valence-corrected chi connectivity index (χ1v) is 14.4. The van der Waals surface area contributed by atoms with Gasteiger partial charge in [-0.15, -0.1) is 0 Å². The van der Waals surface area contributed by atoms with Crippen LogP contribution in [0, 0.1) is 0 Å². The molecule has 1 aliphatic carbocycles. The smallest absolute Gasteiger partial charge is 0.303 e. The SMILES string of the molecule is CC(C)(C)c1ccc([C@H]2C3=C(C[C@H](c4ccc(Cl)cc4)CC3=O)Nc3cc(Cl)ccc3N2C(=O)CCC(=O)O)cc1. The summed E-state index contributed by atoms with van der Waals surface area (Å²) < 4.78 is 0. The van der Waals surface area contributed by atoms with Gasteiger partial charge in [-0.25, -0.2) is 0 Å². The molecule has 0 spiro atoms. The second-order valence-electron chi connectivity index (χ2n) is 11.7. The predicted octanol–water partition coefficient (Wildman–Crippen LogP) is 8.06. The number of carbonyl (C=O) groups is 3. The summed E-state index contributed by atoms with van der Waals surface area (Å²) in [5.41, 5.74) is 5.19. The Morgan fingerprint density at radius 1 is 0.902 bits per heavy atom. The summed E-state index contributed by atoms with van der Waals surface area (Å²) in [7, 11) is 0. The molecule has 1 aliphatic heterocycles. The molecule has 2 atom stereocenters. The van der Waals surface area contributed by atoms with Crippen molar-refractivity contribution >= 4 is 52.2 Å². The maximum Gasteiger partial charge on any atom is 0.303 e. The Morgan fingerprint density at radius 3 is 2.17 bits per heavy atom. The third-order valence-corrected chi connectivity index (χ3v) is 8.29. The molecule has 0 saturated heterocycles. The summed E-state index contributed by atoms with van der Waals surface area (Å²) in [6, 6.07) is 20.0. The molecule has 0 fully saturated rings. The van der Waals surface area contributed by atoms with E-state index < -0.39 is 12.0 Å². The van der Waals surface area contributed by atoms with E-state index in [-0.39, 0.29) is 42.3 Å². The Balaban J connectivity index is 1.70. The minimum absolute atomic E-state index is 0.0708. The van der Waals surface area contributed by atoms with Gasteiger partial charge in [0.25, 0.3) is 0 Å². The molecule has 1 amide bonds. The molecule has 41 heavy (non-hydrogen) atoms. The molecule has 0 aromatic heterocycles. The van der Waals surface area contributed by atoms with Crippen molar-refractivity contribution in [2.75, 3.05) is 10.2 Å². The number of ketones is 1. The van der Waals surface area contributed by atoms with E-state index in [0.29, 0.717) is 33.4 Å². The van der Waals surface area contributed by atoms with Gasteiger partial charge in [-0.1, -0.05) is 80.4 Å². The highest BCUT2D eigenvalue weighted by Crippen LogP contribution is 2.48. The monoisotopic (exact) mass is 590 g/mol. The number of hydrogen-bond acceptors (Lipinski definition) is 4. The van der Waals surface area contributed by atoms with Crippen LogP contribution in [0.15, 0.2) is 78.0 Å². The summed E-state index contributed by atoms with van der Waals surface area (Å²) in [6.45, 7) is 6.38. The van der Waals surface area contributed by atoms with Crippen LogP contribution in [0.3, 0.4) is 0 Å². The van der Waals surface area contributed by atoms with Gasteiger partial charge in [0.1, 0.15) is 0 Å². The lowest BCUT2D eigenvalue weighted by molar-refractivity contribution is -0.138. The van der Waals surface area contributed by atoms with Gasteiger partial charge in [-0.05, 0) is 64.8 Å². The van der Waals surface area contributed by atoms with E-state index in [0.717, 1.165) is 22.4 Å². The Morgan fingerprint density at radius 2 is 1.54 bits per heavy atom. The molecule has 6 nitrogen and oxygen atoms in total. The maximum atomic E-state index is 14.1. The average molecular weight is 592 g/mol. The fourth-order valence-electron chi connectivity index (χ4n) is 5.68. The van der Waals surface area contributed by atoms with Gasteiger partial charge in [-0.2, -0.15) is 0 Å². The zero-order chi connectivity index (χ0) is 29.5. The van der Waals surface area contributed by atoms with E-state index in [2.05, 4.69) is 26.1 Å². The van der Waals surface area contributed by atoms with Gasteiger partial charge < -0.3 is 10.4 Å². The van der Waals surface area contributed by atoms with Crippen LogP contribution in [0.2, 0.25) is 10.0 Å². The van der Waals surface area contributed by atoms with Gasteiger partial charge >= 0.3 is 5.97 Å². The third kappa shape index (κ3) is 6.04. The molecule has 8 heteroatoms. The van der Waals surface area contributed by atoms with Crippen LogP contribution in [0.25, 0.3) is 0 Å². The van der Waals surface area contributed by atoms with Crippen LogP contribution >= 0.6 is 23.2 Å². The number of halogens is 2. The first-order valence-electron chi connectivity index (χ1n) is 13.6. The van der Waals surface area contributed by atoms with Crippen LogP contribution in [0.5, 0.6) is 0 Å². The first-order chi connectivity index (χ1) is 19.4. The molecule has 3 aromatic carbocycles. The highest BCUT2D eigenvalue weighted by Gasteiger charge is 2.41. The largest absolute Gasteiger partial charge is 0.481 e. The summed E-state index contributed by atoms with van der Waals surface area (Å²) in [4.78, 5) is 41.0. The van der Waals surface area contributed by atoms with Gasteiger partial charge in [0, 0.05) is 34.2 Å². The number of fused-ring (bicyclic) bond motifs is 1. The van der Waals surface area contributed by atoms with E-state index >= 15 is 0 Å². The molecule has 0 radical (unpaired) electrons. The lowest BCUT2D eigenvalue weighted by Gasteiger charge is -2.35. The number of hydrogen-bond donors (Lipinski definition) is 2. The fraction of sp³-hybridized carbons (Fsp3) is 0.303. The molecular formula is C33H32Cl2N2O4. The van der Waals surface area contributed by atoms with Crippen LogP contribution in [0.1, 0.15) is 75.1 Å². The number of anilines is 2. The average Bonchev–Trinajstić information content (AvgIpc) is 3.06. The number of rotatable bonds is 5. The fourth-order valence-corrected chi connectivity index (χ4v) is 5.98. The summed E-state index contributed by atoms with van der Waals surface area (Å²) >= 11 is 12.5. The van der Waals surface area contributed by atoms with Crippen molar-refractivity contribution in [2.45, 2.75) is 63.8 Å². The zero-order valence-corrected chi connectivity index (χ0v) is 24.7. The minimum Gasteiger partial charge on any atom is -0.481 e. The Hall–Kier alpha value is -3.61. The molecule has 0 unspecified atom stereocenters. The number of carbonyl (C=O) groups excluding carboxylic acids is 2. The summed E-state index contributed by atoms with van der Waals surface area (Å²) in [6.07, 6.45) is 0.285. The summed E-state index contributed by atoms with van der Waals surface area (Å²) in [5.74, 6) is -1.59. The number of Topliss-reactive ketones (excluding diaryl/α,β-unsaturated/α-hetero) is 1. The van der Waals surface area contributed by atoms with Gasteiger partial charge in [0.2, 0.25) is 5.91 Å². The second-order valence-corrected chi connectivity index (χ2v) is 12.6. The maximum absolute atomic E-state index is 14.1. The predicted molar refractivity (Wildman–Crippen MR) is 163 cm³/mol. The topological polar surface area (TPSA) is 86.7 Å². The number of amides is 1. The Kier molecular flexibility index (Phi) is 8.00. The zero-order valence-electron chi connectivity index (χ0n) is 23.2. The molecule has 3 aromatic rings. The standard InChI is InChI=1S/C33H32Cl2N2O4/c1-33(2,3)22-8-4-20(5-9-22)32-31-26(16-21(17-28(31)38)19-6-10-23(34)11-7-19)36-25-18-24(35)12-13-27(25)37(32)29(39)14-15-30(40)41/h4-13,18,21,32,36H,14-17H2,1-3H3,(H,40,41)/t21-,32-/m0/s1. The van der Waals surface area contributed by atoms with Crippen molar-refractivity contribution < 1.29 is 19.5 Å². The van der Waals surface area contributed by atoms with E-state index in [9.17, 15) is 19.5 Å². The molecular weight excluding hydrogens is 559 g/mol.